The highest BCUT2D eigenvalue weighted by Gasteiger charge is 2.31. The average Bonchev–Trinajstić information content (AvgIpc) is 2.45. The van der Waals surface area contributed by atoms with Gasteiger partial charge in [-0.1, -0.05) is 0 Å². The van der Waals surface area contributed by atoms with Gasteiger partial charge in [0, 0.05) is 24.7 Å². The number of benzene rings is 1. The van der Waals surface area contributed by atoms with Crippen LogP contribution < -0.4 is 10.5 Å². The summed E-state index contributed by atoms with van der Waals surface area (Å²) >= 11 is 0. The molecule has 0 aliphatic carbocycles. The highest BCUT2D eigenvalue weighted by Crippen LogP contribution is 2.24. The Morgan fingerprint density at radius 2 is 1.95 bits per heavy atom. The Kier molecular flexibility index (Phi) is 4.72. The maximum absolute atomic E-state index is 12.4. The zero-order chi connectivity index (χ0) is 15.5. The maximum Gasteiger partial charge on any atom is 0.573 e. The zero-order valence-corrected chi connectivity index (χ0v) is 11.4. The first-order valence-corrected chi connectivity index (χ1v) is 6.77. The summed E-state index contributed by atoms with van der Waals surface area (Å²) in [7, 11) is 0. The molecule has 0 saturated carbocycles. The van der Waals surface area contributed by atoms with Gasteiger partial charge in [0.15, 0.2) is 0 Å². The molecule has 4 nitrogen and oxygen atoms in total. The molecule has 0 bridgehead atoms. The number of alkyl halides is 3. The number of nitrogens with two attached hydrogens (primary N) is 1. The maximum atomic E-state index is 12.4. The van der Waals surface area contributed by atoms with E-state index in [1.807, 2.05) is 0 Å². The minimum atomic E-state index is -4.73. The third-order valence-electron chi connectivity index (χ3n) is 3.49. The zero-order valence-electron chi connectivity index (χ0n) is 11.4. The van der Waals surface area contributed by atoms with Gasteiger partial charge < -0.3 is 15.4 Å². The molecule has 1 fully saturated rings. The summed E-state index contributed by atoms with van der Waals surface area (Å²) in [6, 6.07) is 4.96. The summed E-state index contributed by atoms with van der Waals surface area (Å²) in [5, 5.41) is 0. The molecule has 0 radical (unpaired) electrons. The molecule has 1 aliphatic heterocycles. The van der Waals surface area contributed by atoms with E-state index in [4.69, 9.17) is 5.73 Å². The van der Waals surface area contributed by atoms with Crippen molar-refractivity contribution in [3.05, 3.63) is 29.8 Å². The first-order chi connectivity index (χ1) is 9.90. The Hall–Kier alpha value is -1.76. The molecule has 1 saturated heterocycles. The fourth-order valence-corrected chi connectivity index (χ4v) is 2.48. The molecule has 1 heterocycles. The lowest BCUT2D eigenvalue weighted by Gasteiger charge is -2.35. The molecule has 1 aromatic carbocycles. The number of halogens is 3. The largest absolute Gasteiger partial charge is 0.573 e. The number of hydrogen-bond donors (Lipinski definition) is 1. The van der Waals surface area contributed by atoms with Crippen molar-refractivity contribution in [2.75, 3.05) is 13.1 Å². The van der Waals surface area contributed by atoms with Gasteiger partial charge in [0.2, 0.25) is 0 Å². The molecule has 7 heteroatoms. The summed E-state index contributed by atoms with van der Waals surface area (Å²) in [5.41, 5.74) is 6.00. The van der Waals surface area contributed by atoms with Gasteiger partial charge in [-0.15, -0.1) is 13.2 Å². The van der Waals surface area contributed by atoms with Gasteiger partial charge in [-0.2, -0.15) is 0 Å². The Labute approximate surface area is 120 Å². The molecule has 1 amide bonds. The van der Waals surface area contributed by atoms with E-state index in [0.717, 1.165) is 31.4 Å². The second-order valence-electron chi connectivity index (χ2n) is 4.96. The minimum Gasteiger partial charge on any atom is -0.406 e. The van der Waals surface area contributed by atoms with Crippen molar-refractivity contribution in [3.8, 4) is 5.75 Å². The number of carbonyl (C=O) groups excluding carboxylic acids is 1. The number of rotatable bonds is 3. The van der Waals surface area contributed by atoms with Crippen LogP contribution in [0.25, 0.3) is 0 Å². The van der Waals surface area contributed by atoms with Crippen molar-refractivity contribution in [2.45, 2.75) is 31.7 Å². The van der Waals surface area contributed by atoms with Gasteiger partial charge in [0.05, 0.1) is 0 Å². The second kappa shape index (κ2) is 6.34. The minimum absolute atomic E-state index is 0.00245. The van der Waals surface area contributed by atoms with E-state index in [-0.39, 0.29) is 17.7 Å². The molecule has 1 atom stereocenters. The number of carbonyl (C=O) groups is 1. The van der Waals surface area contributed by atoms with Crippen LogP contribution in [-0.4, -0.2) is 36.3 Å². The van der Waals surface area contributed by atoms with E-state index in [1.165, 1.54) is 12.1 Å². The highest BCUT2D eigenvalue weighted by atomic mass is 19.4. The van der Waals surface area contributed by atoms with Crippen molar-refractivity contribution in [1.29, 1.82) is 0 Å². The number of likely N-dealkylation sites (tertiary alicyclic amines) is 1. The Morgan fingerprint density at radius 3 is 2.52 bits per heavy atom. The lowest BCUT2D eigenvalue weighted by Crippen LogP contribution is -2.47. The van der Waals surface area contributed by atoms with Crippen LogP contribution in [0.3, 0.4) is 0 Å². The molecule has 116 valence electrons. The predicted octanol–water partition coefficient (Wildman–Crippen LogP) is 2.54. The predicted molar refractivity (Wildman–Crippen MR) is 70.9 cm³/mol. The summed E-state index contributed by atoms with van der Waals surface area (Å²) in [6.07, 6.45) is -1.93. The van der Waals surface area contributed by atoms with Crippen molar-refractivity contribution in [1.82, 2.24) is 4.90 Å². The Bertz CT molecular complexity index is 488. The quantitative estimate of drug-likeness (QED) is 0.933. The van der Waals surface area contributed by atoms with Crippen molar-refractivity contribution in [3.63, 3.8) is 0 Å². The van der Waals surface area contributed by atoms with Crippen molar-refractivity contribution < 1.29 is 22.7 Å². The van der Waals surface area contributed by atoms with Crippen LogP contribution in [0.15, 0.2) is 24.3 Å². The van der Waals surface area contributed by atoms with E-state index in [0.29, 0.717) is 18.7 Å². The third kappa shape index (κ3) is 4.10. The van der Waals surface area contributed by atoms with Gasteiger partial charge in [-0.3, -0.25) is 4.79 Å². The fourth-order valence-electron chi connectivity index (χ4n) is 2.48. The molecule has 21 heavy (non-hydrogen) atoms. The molecular weight excluding hydrogens is 285 g/mol. The monoisotopic (exact) mass is 302 g/mol. The molecule has 0 aromatic heterocycles. The van der Waals surface area contributed by atoms with Crippen molar-refractivity contribution in [2.24, 2.45) is 5.73 Å². The number of nitrogens with zero attached hydrogens (tertiary/aromatic N) is 1. The summed E-state index contributed by atoms with van der Waals surface area (Å²) < 4.78 is 40.0. The molecule has 2 rings (SSSR count). The van der Waals surface area contributed by atoms with Crippen LogP contribution in [0, 0.1) is 0 Å². The van der Waals surface area contributed by atoms with Gasteiger partial charge in [0.25, 0.3) is 5.91 Å². The van der Waals surface area contributed by atoms with E-state index in [9.17, 15) is 18.0 Å². The van der Waals surface area contributed by atoms with E-state index in [2.05, 4.69) is 4.74 Å². The van der Waals surface area contributed by atoms with Gasteiger partial charge >= 0.3 is 6.36 Å². The SMILES string of the molecule is NCC1CCCCN1C(=O)c1ccc(OC(F)(F)F)cc1. The standard InChI is InChI=1S/C14H17F3N2O2/c15-14(16,17)21-12-6-4-10(5-7-12)13(20)19-8-2-1-3-11(19)9-18/h4-7,11H,1-3,8-9,18H2. The summed E-state index contributed by atoms with van der Waals surface area (Å²) in [6.45, 7) is 1.02. The van der Waals surface area contributed by atoms with E-state index in [1.54, 1.807) is 4.90 Å². The van der Waals surface area contributed by atoms with Crippen LogP contribution in [0.5, 0.6) is 5.75 Å². The molecule has 1 aliphatic rings. The number of hydrogen-bond acceptors (Lipinski definition) is 3. The second-order valence-corrected chi connectivity index (χ2v) is 4.96. The fraction of sp³-hybridized carbons (Fsp3) is 0.500. The van der Waals surface area contributed by atoms with Crippen LogP contribution in [-0.2, 0) is 0 Å². The van der Waals surface area contributed by atoms with Crippen molar-refractivity contribution >= 4 is 5.91 Å². The third-order valence-corrected chi connectivity index (χ3v) is 3.49. The average molecular weight is 302 g/mol. The molecular formula is C14H17F3N2O2. The molecule has 0 spiro atoms. The highest BCUT2D eigenvalue weighted by molar-refractivity contribution is 5.94. The van der Waals surface area contributed by atoms with Gasteiger partial charge in [0.1, 0.15) is 5.75 Å². The Balaban J connectivity index is 2.08. The number of amides is 1. The van der Waals surface area contributed by atoms with Crippen LogP contribution in [0.2, 0.25) is 0 Å². The molecule has 1 aromatic rings. The molecule has 1 unspecified atom stereocenters. The summed E-state index contributed by atoms with van der Waals surface area (Å²) in [4.78, 5) is 14.1. The Morgan fingerprint density at radius 1 is 1.29 bits per heavy atom. The topological polar surface area (TPSA) is 55.6 Å². The lowest BCUT2D eigenvalue weighted by atomic mass is 10.0. The van der Waals surface area contributed by atoms with E-state index >= 15 is 0 Å². The molecule has 2 N–H and O–H groups in total. The first-order valence-electron chi connectivity index (χ1n) is 6.77. The smallest absolute Gasteiger partial charge is 0.406 e. The van der Waals surface area contributed by atoms with E-state index < -0.39 is 6.36 Å². The van der Waals surface area contributed by atoms with Crippen LogP contribution in [0.4, 0.5) is 13.2 Å². The first kappa shape index (κ1) is 15.6. The summed E-state index contributed by atoms with van der Waals surface area (Å²) in [5.74, 6) is -0.545. The van der Waals surface area contributed by atoms with Gasteiger partial charge in [-0.05, 0) is 43.5 Å². The lowest BCUT2D eigenvalue weighted by molar-refractivity contribution is -0.274. The number of piperidine rings is 1. The van der Waals surface area contributed by atoms with Crippen LogP contribution >= 0.6 is 0 Å². The van der Waals surface area contributed by atoms with Gasteiger partial charge in [-0.25, -0.2) is 0 Å². The number of ether oxygens (including phenoxy) is 1. The normalized spacial score (nSPS) is 19.4. The van der Waals surface area contributed by atoms with Crippen LogP contribution in [0.1, 0.15) is 29.6 Å².